The standard InChI is InChI=1S/C20H16F6O/c1-2-3-12-8-15(21)14(16(22)9-12)5-4-13-10-17(23)20(18(24)11-13)27-7-6-19(25)26/h4-11,19H,2-3H2,1H3. The zero-order chi connectivity index (χ0) is 20.0. The maximum absolute atomic E-state index is 14.0. The monoisotopic (exact) mass is 386 g/mol. The van der Waals surface area contributed by atoms with Crippen LogP contribution in [0.2, 0.25) is 0 Å². The molecule has 0 amide bonds. The van der Waals surface area contributed by atoms with Gasteiger partial charge < -0.3 is 4.74 Å². The average molecular weight is 386 g/mol. The first kappa shape index (κ1) is 20.6. The molecule has 0 aromatic heterocycles. The summed E-state index contributed by atoms with van der Waals surface area (Å²) < 4.78 is 84.3. The van der Waals surface area contributed by atoms with Crippen molar-refractivity contribution in [3.8, 4) is 5.75 Å². The summed E-state index contributed by atoms with van der Waals surface area (Å²) in [5.74, 6) is -4.72. The molecule has 0 fully saturated rings. The lowest BCUT2D eigenvalue weighted by atomic mass is 10.0. The van der Waals surface area contributed by atoms with Crippen LogP contribution in [0.15, 0.2) is 36.6 Å². The van der Waals surface area contributed by atoms with Gasteiger partial charge in [-0.3, -0.25) is 0 Å². The first-order valence-electron chi connectivity index (χ1n) is 8.08. The van der Waals surface area contributed by atoms with E-state index in [1.54, 1.807) is 0 Å². The maximum atomic E-state index is 14.0. The van der Waals surface area contributed by atoms with Crippen LogP contribution in [0.4, 0.5) is 26.3 Å². The van der Waals surface area contributed by atoms with E-state index in [2.05, 4.69) is 4.74 Å². The fraction of sp³-hybridized carbons (Fsp3) is 0.200. The minimum Gasteiger partial charge on any atom is -0.459 e. The van der Waals surface area contributed by atoms with Gasteiger partial charge in [0.1, 0.15) is 11.6 Å². The molecule has 0 aliphatic heterocycles. The Morgan fingerprint density at radius 3 is 2.00 bits per heavy atom. The third-order valence-corrected chi connectivity index (χ3v) is 3.55. The Morgan fingerprint density at radius 2 is 1.48 bits per heavy atom. The van der Waals surface area contributed by atoms with Gasteiger partial charge in [-0.05, 0) is 47.9 Å². The molecule has 2 aromatic rings. The van der Waals surface area contributed by atoms with Gasteiger partial charge in [0, 0.05) is 11.6 Å². The van der Waals surface area contributed by atoms with Crippen LogP contribution in [-0.2, 0) is 6.42 Å². The summed E-state index contributed by atoms with van der Waals surface area (Å²) >= 11 is 0. The first-order valence-corrected chi connectivity index (χ1v) is 8.08. The van der Waals surface area contributed by atoms with Crippen LogP contribution in [0.3, 0.4) is 0 Å². The van der Waals surface area contributed by atoms with E-state index in [9.17, 15) is 26.3 Å². The van der Waals surface area contributed by atoms with Gasteiger partial charge in [0.05, 0.1) is 6.26 Å². The lowest BCUT2D eigenvalue weighted by Crippen LogP contribution is -1.95. The minimum atomic E-state index is -2.83. The Kier molecular flexibility index (Phi) is 7.10. The number of alkyl halides is 2. The SMILES string of the molecule is CCCc1cc(F)c(C=Cc2cc(F)c(OC=CC(F)F)c(F)c2)c(F)c1. The molecule has 0 radical (unpaired) electrons. The van der Waals surface area contributed by atoms with Gasteiger partial charge >= 0.3 is 0 Å². The molecule has 0 aliphatic carbocycles. The molecule has 0 unspecified atom stereocenters. The van der Waals surface area contributed by atoms with E-state index >= 15 is 0 Å². The highest BCUT2D eigenvalue weighted by molar-refractivity contribution is 5.70. The Bertz CT molecular complexity index is 812. The van der Waals surface area contributed by atoms with Crippen LogP contribution in [0, 0.1) is 23.3 Å². The lowest BCUT2D eigenvalue weighted by molar-refractivity contribution is 0.200. The summed E-state index contributed by atoms with van der Waals surface area (Å²) in [5.41, 5.74) is 0.155. The Labute approximate surface area is 152 Å². The zero-order valence-electron chi connectivity index (χ0n) is 14.3. The van der Waals surface area contributed by atoms with Gasteiger partial charge in [-0.15, -0.1) is 0 Å². The van der Waals surface area contributed by atoms with Crippen molar-refractivity contribution in [3.05, 3.63) is 76.6 Å². The van der Waals surface area contributed by atoms with Crippen LogP contribution in [0.25, 0.3) is 12.2 Å². The molecule has 0 saturated carbocycles. The van der Waals surface area contributed by atoms with Crippen molar-refractivity contribution in [1.82, 2.24) is 0 Å². The van der Waals surface area contributed by atoms with Gasteiger partial charge in [-0.25, -0.2) is 26.3 Å². The van der Waals surface area contributed by atoms with Gasteiger partial charge in [0.2, 0.25) is 0 Å². The highest BCUT2D eigenvalue weighted by atomic mass is 19.3. The molecule has 7 heteroatoms. The number of aryl methyl sites for hydroxylation is 1. The molecule has 1 nitrogen and oxygen atoms in total. The maximum Gasteiger partial charge on any atom is 0.260 e. The molecule has 27 heavy (non-hydrogen) atoms. The summed E-state index contributed by atoms with van der Waals surface area (Å²) in [7, 11) is 0. The van der Waals surface area contributed by atoms with E-state index in [1.165, 1.54) is 12.1 Å². The molecule has 2 aromatic carbocycles. The van der Waals surface area contributed by atoms with E-state index in [0.717, 1.165) is 30.7 Å². The van der Waals surface area contributed by atoms with E-state index in [0.29, 0.717) is 24.3 Å². The molecule has 0 N–H and O–H groups in total. The van der Waals surface area contributed by atoms with Crippen LogP contribution in [0.5, 0.6) is 5.75 Å². The van der Waals surface area contributed by atoms with E-state index in [1.807, 2.05) is 6.92 Å². The minimum absolute atomic E-state index is 0.0216. The van der Waals surface area contributed by atoms with Crippen molar-refractivity contribution in [2.24, 2.45) is 0 Å². The number of hydrogen-bond acceptors (Lipinski definition) is 1. The van der Waals surface area contributed by atoms with Crippen molar-refractivity contribution in [2.45, 2.75) is 26.2 Å². The first-order chi connectivity index (χ1) is 12.8. The second-order valence-electron chi connectivity index (χ2n) is 5.65. The molecule has 0 spiro atoms. The van der Waals surface area contributed by atoms with Gasteiger partial charge in [0.15, 0.2) is 17.4 Å². The predicted octanol–water partition coefficient (Wildman–Crippen LogP) is 6.52. The number of ether oxygens (including phenoxy) is 1. The molecule has 2 rings (SSSR count). The molecule has 0 heterocycles. The highest BCUT2D eigenvalue weighted by Gasteiger charge is 2.12. The van der Waals surface area contributed by atoms with Gasteiger partial charge in [0.25, 0.3) is 6.43 Å². The van der Waals surface area contributed by atoms with Crippen LogP contribution < -0.4 is 4.74 Å². The Hall–Kier alpha value is -2.70. The van der Waals surface area contributed by atoms with Crippen LogP contribution >= 0.6 is 0 Å². The Morgan fingerprint density at radius 1 is 0.889 bits per heavy atom. The predicted molar refractivity (Wildman–Crippen MR) is 91.4 cm³/mol. The molecular weight excluding hydrogens is 370 g/mol. The summed E-state index contributed by atoms with van der Waals surface area (Å²) in [6.07, 6.45) is 1.41. The second-order valence-corrected chi connectivity index (χ2v) is 5.65. The molecule has 0 aliphatic rings. The fourth-order valence-electron chi connectivity index (χ4n) is 2.36. The average Bonchev–Trinajstić information content (AvgIpc) is 2.56. The number of halogens is 6. The number of allylic oxidation sites excluding steroid dienone is 1. The second kappa shape index (κ2) is 9.30. The topological polar surface area (TPSA) is 9.23 Å². The third-order valence-electron chi connectivity index (χ3n) is 3.55. The van der Waals surface area contributed by atoms with Gasteiger partial charge in [-0.1, -0.05) is 19.4 Å². The lowest BCUT2D eigenvalue weighted by Gasteiger charge is -2.06. The summed E-state index contributed by atoms with van der Waals surface area (Å²) in [6.45, 7) is 1.88. The number of rotatable bonds is 7. The zero-order valence-corrected chi connectivity index (χ0v) is 14.3. The molecule has 144 valence electrons. The van der Waals surface area contributed by atoms with Crippen molar-refractivity contribution >= 4 is 12.2 Å². The van der Waals surface area contributed by atoms with Crippen molar-refractivity contribution in [2.75, 3.05) is 0 Å². The van der Waals surface area contributed by atoms with Gasteiger partial charge in [-0.2, -0.15) is 0 Å². The number of benzene rings is 2. The van der Waals surface area contributed by atoms with Crippen LogP contribution in [0.1, 0.15) is 30.0 Å². The Balaban J connectivity index is 2.25. The summed E-state index contributed by atoms with van der Waals surface area (Å²) in [6, 6.07) is 4.12. The quantitative estimate of drug-likeness (QED) is 0.299. The van der Waals surface area contributed by atoms with Crippen molar-refractivity contribution in [1.29, 1.82) is 0 Å². The smallest absolute Gasteiger partial charge is 0.260 e. The molecule has 0 bridgehead atoms. The van der Waals surface area contributed by atoms with Crippen molar-refractivity contribution < 1.29 is 31.1 Å². The van der Waals surface area contributed by atoms with E-state index < -0.39 is 35.4 Å². The van der Waals surface area contributed by atoms with E-state index in [4.69, 9.17) is 0 Å². The molecular formula is C20H16F6O. The fourth-order valence-corrected chi connectivity index (χ4v) is 2.36. The molecule has 0 saturated heterocycles. The highest BCUT2D eigenvalue weighted by Crippen LogP contribution is 2.25. The summed E-state index contributed by atoms with van der Waals surface area (Å²) in [4.78, 5) is 0. The number of hydrogen-bond donors (Lipinski definition) is 0. The van der Waals surface area contributed by atoms with Crippen LogP contribution in [-0.4, -0.2) is 6.43 Å². The van der Waals surface area contributed by atoms with E-state index in [-0.39, 0.29) is 11.1 Å². The van der Waals surface area contributed by atoms with Crippen molar-refractivity contribution in [3.63, 3.8) is 0 Å². The normalized spacial score (nSPS) is 11.9. The third kappa shape index (κ3) is 5.64. The molecule has 0 atom stereocenters. The largest absolute Gasteiger partial charge is 0.459 e. The summed E-state index contributed by atoms with van der Waals surface area (Å²) in [5, 5.41) is 0.